The Morgan fingerprint density at radius 2 is 1.64 bits per heavy atom. The van der Waals surface area contributed by atoms with Gasteiger partial charge in [-0.05, 0) is 31.2 Å². The molecule has 1 aromatic rings. The molecular weight excluding hydrogens is 508 g/mol. The zero-order valence-corrected chi connectivity index (χ0v) is 22.4. The number of aliphatic carboxylic acids is 1. The molecule has 2 rings (SSSR count). The van der Waals surface area contributed by atoms with Gasteiger partial charge in [0.05, 0.1) is 12.5 Å². The number of hydrogen-bond donors (Lipinski definition) is 6. The Bertz CT molecular complexity index is 1060. The summed E-state index contributed by atoms with van der Waals surface area (Å²) in [4.78, 5) is 75.7. The number of carbonyl (C=O) groups is 6. The van der Waals surface area contributed by atoms with Gasteiger partial charge in [0.25, 0.3) is 0 Å². The second kappa shape index (κ2) is 14.2. The molecule has 39 heavy (non-hydrogen) atoms. The first-order valence-corrected chi connectivity index (χ1v) is 12.8. The molecule has 0 bridgehead atoms. The summed E-state index contributed by atoms with van der Waals surface area (Å²) >= 11 is 0. The van der Waals surface area contributed by atoms with Crippen molar-refractivity contribution in [2.75, 3.05) is 6.54 Å². The summed E-state index contributed by atoms with van der Waals surface area (Å²) in [5.41, 5.74) is 11.9. The fourth-order valence-corrected chi connectivity index (χ4v) is 4.28. The number of carboxylic acids is 1. The number of rotatable bonds is 13. The van der Waals surface area contributed by atoms with Crippen molar-refractivity contribution < 1.29 is 33.9 Å². The number of nitrogens with zero attached hydrogens (tertiary/aromatic N) is 1. The Hall–Kier alpha value is -4.00. The van der Waals surface area contributed by atoms with E-state index < -0.39 is 72.1 Å². The maximum Gasteiger partial charge on any atom is 0.305 e. The molecule has 0 radical (unpaired) electrons. The normalized spacial score (nSPS) is 18.0. The highest BCUT2D eigenvalue weighted by Gasteiger charge is 2.40. The minimum atomic E-state index is -1.34. The zero-order chi connectivity index (χ0) is 29.3. The lowest BCUT2D eigenvalue weighted by Crippen LogP contribution is -2.59. The monoisotopic (exact) mass is 546 g/mol. The first-order chi connectivity index (χ1) is 18.3. The Labute approximate surface area is 227 Å². The van der Waals surface area contributed by atoms with E-state index in [1.165, 1.54) is 11.8 Å². The highest BCUT2D eigenvalue weighted by Crippen LogP contribution is 2.21. The molecular formula is C26H38N6O7. The van der Waals surface area contributed by atoms with Crippen molar-refractivity contribution >= 4 is 35.5 Å². The van der Waals surface area contributed by atoms with Crippen LogP contribution in [0.25, 0.3) is 0 Å². The van der Waals surface area contributed by atoms with Crippen molar-refractivity contribution in [3.63, 3.8) is 0 Å². The number of likely N-dealkylation sites (tertiary alicyclic amines) is 1. The van der Waals surface area contributed by atoms with Crippen LogP contribution in [-0.4, -0.2) is 82.3 Å². The summed E-state index contributed by atoms with van der Waals surface area (Å²) in [6, 6.07) is 3.82. The van der Waals surface area contributed by atoms with Gasteiger partial charge in [-0.25, -0.2) is 0 Å². The molecule has 1 fully saturated rings. The van der Waals surface area contributed by atoms with E-state index in [-0.39, 0.29) is 18.9 Å². The van der Waals surface area contributed by atoms with E-state index in [4.69, 9.17) is 16.6 Å². The molecule has 1 aromatic carbocycles. The number of nitrogens with one attached hydrogen (secondary N) is 3. The van der Waals surface area contributed by atoms with Crippen LogP contribution in [0.4, 0.5) is 0 Å². The molecule has 1 aliphatic rings. The lowest BCUT2D eigenvalue weighted by atomic mass is 10.0. The molecule has 1 saturated heterocycles. The Kier molecular flexibility index (Phi) is 11.4. The SMILES string of the molecule is CC(C)[C@H](NC(=O)[C@H](C)NC(=O)[C@@H](N)CC(=O)O)C(=O)N1CCC[C@H]1C(=O)N[C@@H](Cc1ccccc1)C(N)=O. The third kappa shape index (κ3) is 9.06. The van der Waals surface area contributed by atoms with Gasteiger partial charge in [-0.15, -0.1) is 0 Å². The lowest BCUT2D eigenvalue weighted by Gasteiger charge is -2.31. The number of benzene rings is 1. The van der Waals surface area contributed by atoms with Gasteiger partial charge in [0, 0.05) is 13.0 Å². The predicted molar refractivity (Wildman–Crippen MR) is 141 cm³/mol. The lowest BCUT2D eigenvalue weighted by molar-refractivity contribution is -0.143. The minimum absolute atomic E-state index is 0.201. The van der Waals surface area contributed by atoms with Crippen molar-refractivity contribution in [1.82, 2.24) is 20.9 Å². The molecule has 0 spiro atoms. The summed E-state index contributed by atoms with van der Waals surface area (Å²) in [5.74, 6) is -4.79. The Morgan fingerprint density at radius 3 is 2.21 bits per heavy atom. The smallest absolute Gasteiger partial charge is 0.305 e. The van der Waals surface area contributed by atoms with E-state index >= 15 is 0 Å². The Balaban J connectivity index is 2.07. The van der Waals surface area contributed by atoms with Crippen LogP contribution in [0.3, 0.4) is 0 Å². The number of carbonyl (C=O) groups excluding carboxylic acids is 5. The summed E-state index contributed by atoms with van der Waals surface area (Å²) in [5, 5.41) is 16.4. The second-order valence-electron chi connectivity index (χ2n) is 10.0. The summed E-state index contributed by atoms with van der Waals surface area (Å²) < 4.78 is 0. The van der Waals surface area contributed by atoms with Gasteiger partial charge in [-0.2, -0.15) is 0 Å². The fraction of sp³-hybridized carbons (Fsp3) is 0.538. The molecule has 5 atom stereocenters. The summed E-state index contributed by atoms with van der Waals surface area (Å²) in [6.45, 7) is 5.11. The minimum Gasteiger partial charge on any atom is -0.481 e. The topological polar surface area (TPSA) is 214 Å². The van der Waals surface area contributed by atoms with Gasteiger partial charge in [0.1, 0.15) is 24.2 Å². The standard InChI is InChI=1S/C26H38N6O7/c1-14(2)21(31-23(36)15(3)29-24(37)17(27)13-20(33)34)26(39)32-11-7-10-19(32)25(38)30-18(22(28)35)12-16-8-5-4-6-9-16/h4-6,8-9,14-15,17-19,21H,7,10-13,27H2,1-3H3,(H2,28,35)(H,29,37)(H,30,38)(H,31,36)(H,33,34)/t15-,17-,18-,19-,21-/m0/s1. The molecule has 214 valence electrons. The average Bonchev–Trinajstić information content (AvgIpc) is 3.36. The van der Waals surface area contributed by atoms with Gasteiger partial charge in [-0.3, -0.25) is 28.8 Å². The number of amides is 5. The summed E-state index contributed by atoms with van der Waals surface area (Å²) in [7, 11) is 0. The van der Waals surface area contributed by atoms with Gasteiger partial charge in [0.15, 0.2) is 0 Å². The molecule has 0 aliphatic carbocycles. The Morgan fingerprint density at radius 1 is 1.00 bits per heavy atom. The van der Waals surface area contributed by atoms with E-state index in [9.17, 15) is 28.8 Å². The van der Waals surface area contributed by atoms with Crippen LogP contribution in [0.15, 0.2) is 30.3 Å². The third-order valence-electron chi connectivity index (χ3n) is 6.49. The van der Waals surface area contributed by atoms with Crippen LogP contribution >= 0.6 is 0 Å². The second-order valence-corrected chi connectivity index (χ2v) is 10.0. The van der Waals surface area contributed by atoms with Crippen molar-refractivity contribution in [2.45, 2.75) is 76.7 Å². The third-order valence-corrected chi connectivity index (χ3v) is 6.49. The molecule has 13 heteroatoms. The number of carboxylic acid groups (broad SMARTS) is 1. The van der Waals surface area contributed by atoms with Gasteiger partial charge in [0.2, 0.25) is 29.5 Å². The molecule has 1 aliphatic heterocycles. The zero-order valence-electron chi connectivity index (χ0n) is 22.4. The fourth-order valence-electron chi connectivity index (χ4n) is 4.28. The van der Waals surface area contributed by atoms with E-state index in [0.29, 0.717) is 12.8 Å². The van der Waals surface area contributed by atoms with Crippen LogP contribution in [0, 0.1) is 5.92 Å². The molecule has 0 unspecified atom stereocenters. The van der Waals surface area contributed by atoms with E-state index in [2.05, 4.69) is 16.0 Å². The van der Waals surface area contributed by atoms with E-state index in [0.717, 1.165) is 5.56 Å². The summed E-state index contributed by atoms with van der Waals surface area (Å²) in [6.07, 6.45) is 0.526. The van der Waals surface area contributed by atoms with Crippen molar-refractivity contribution in [2.24, 2.45) is 17.4 Å². The van der Waals surface area contributed by atoms with Gasteiger partial charge < -0.3 is 37.4 Å². The quantitative estimate of drug-likeness (QED) is 0.173. The van der Waals surface area contributed by atoms with Crippen LogP contribution in [0.1, 0.15) is 45.6 Å². The predicted octanol–water partition coefficient (Wildman–Crippen LogP) is -1.36. The largest absolute Gasteiger partial charge is 0.481 e. The highest BCUT2D eigenvalue weighted by molar-refractivity contribution is 5.96. The first-order valence-electron chi connectivity index (χ1n) is 12.8. The van der Waals surface area contributed by atoms with E-state index in [1.807, 2.05) is 30.3 Å². The first kappa shape index (κ1) is 31.2. The number of primary amides is 1. The van der Waals surface area contributed by atoms with Crippen LogP contribution in [0.2, 0.25) is 0 Å². The van der Waals surface area contributed by atoms with Crippen molar-refractivity contribution in [3.05, 3.63) is 35.9 Å². The maximum absolute atomic E-state index is 13.5. The molecule has 1 heterocycles. The van der Waals surface area contributed by atoms with Gasteiger partial charge in [-0.1, -0.05) is 44.2 Å². The molecule has 5 amide bonds. The molecule has 8 N–H and O–H groups in total. The molecule has 0 saturated carbocycles. The van der Waals surface area contributed by atoms with Crippen LogP contribution in [-0.2, 0) is 35.2 Å². The van der Waals surface area contributed by atoms with Crippen LogP contribution < -0.4 is 27.4 Å². The number of nitrogens with two attached hydrogens (primary N) is 2. The number of hydrogen-bond acceptors (Lipinski definition) is 7. The molecule has 0 aromatic heterocycles. The van der Waals surface area contributed by atoms with Crippen molar-refractivity contribution in [1.29, 1.82) is 0 Å². The van der Waals surface area contributed by atoms with E-state index in [1.54, 1.807) is 13.8 Å². The van der Waals surface area contributed by atoms with Gasteiger partial charge >= 0.3 is 5.97 Å². The molecule has 13 nitrogen and oxygen atoms in total. The van der Waals surface area contributed by atoms with Crippen molar-refractivity contribution in [3.8, 4) is 0 Å². The average molecular weight is 547 g/mol. The maximum atomic E-state index is 13.5. The highest BCUT2D eigenvalue weighted by atomic mass is 16.4. The van der Waals surface area contributed by atoms with Crippen LogP contribution in [0.5, 0.6) is 0 Å².